The molecule has 0 bridgehead atoms. The van der Waals surface area contributed by atoms with Crippen molar-refractivity contribution in [2.45, 2.75) is 101 Å². The van der Waals surface area contributed by atoms with Gasteiger partial charge in [-0.1, -0.05) is 70.8 Å². The number of methoxy groups -OCH3 is 2. The molecule has 8 nitrogen and oxygen atoms in total. The van der Waals surface area contributed by atoms with E-state index in [-0.39, 0.29) is 18.0 Å². The lowest BCUT2D eigenvalue weighted by atomic mass is 10.2. The fourth-order valence-corrected chi connectivity index (χ4v) is 13.5. The number of hydrogen-bond donors (Lipinski definition) is 1. The Morgan fingerprint density at radius 2 is 1.43 bits per heavy atom. The van der Waals surface area contributed by atoms with Crippen molar-refractivity contribution in [1.29, 1.82) is 0 Å². The first-order valence-corrected chi connectivity index (χ1v) is 22.7. The van der Waals surface area contributed by atoms with Gasteiger partial charge in [0.15, 0.2) is 34.4 Å². The highest BCUT2D eigenvalue weighted by Gasteiger charge is 2.46. The van der Waals surface area contributed by atoms with E-state index < -0.39 is 39.0 Å². The highest BCUT2D eigenvalue weighted by molar-refractivity contribution is 7.89. The number of benzene rings is 2. The second-order valence-corrected chi connectivity index (χ2v) is 26.6. The molecule has 1 N–H and O–H groups in total. The van der Waals surface area contributed by atoms with Gasteiger partial charge in [-0.05, 0) is 72.5 Å². The van der Waals surface area contributed by atoms with Gasteiger partial charge in [0.25, 0.3) is 0 Å². The molecule has 0 aliphatic carbocycles. The average Bonchev–Trinajstić information content (AvgIpc) is 3.33. The Bertz CT molecular complexity index is 1350. The molecule has 0 radical (unpaired) electrons. The number of hydrogen-bond acceptors (Lipinski definition) is 7. The number of nitrogens with zero attached hydrogens (tertiary/aromatic N) is 1. The number of aliphatic hydroxyl groups excluding tert-OH is 1. The third kappa shape index (κ3) is 9.22. The molecule has 0 amide bonds. The van der Waals surface area contributed by atoms with Crippen molar-refractivity contribution in [3.05, 3.63) is 52.0 Å². The first kappa shape index (κ1) is 39.0. The van der Waals surface area contributed by atoms with E-state index in [9.17, 15) is 13.5 Å². The first-order valence-electron chi connectivity index (χ1n) is 14.7. The third-order valence-corrected chi connectivity index (χ3v) is 22.6. The highest BCUT2D eigenvalue weighted by Crippen LogP contribution is 2.45. The molecule has 0 aromatic heterocycles. The summed E-state index contributed by atoms with van der Waals surface area (Å²) in [4.78, 5) is 0.0356. The van der Waals surface area contributed by atoms with Crippen LogP contribution in [0.5, 0.6) is 11.5 Å². The summed E-state index contributed by atoms with van der Waals surface area (Å²) >= 11 is 12.1. The summed E-state index contributed by atoms with van der Waals surface area (Å²) in [5.74, 6) is 0.718. The quantitative estimate of drug-likeness (QED) is 0.261. The van der Waals surface area contributed by atoms with Crippen molar-refractivity contribution in [2.24, 2.45) is 0 Å². The maximum absolute atomic E-state index is 13.4. The van der Waals surface area contributed by atoms with Gasteiger partial charge < -0.3 is 23.4 Å². The predicted molar refractivity (Wildman–Crippen MR) is 185 cm³/mol. The minimum atomic E-state index is -3.95. The highest BCUT2D eigenvalue weighted by atomic mass is 35.5. The van der Waals surface area contributed by atoms with Gasteiger partial charge >= 0.3 is 0 Å². The lowest BCUT2D eigenvalue weighted by molar-refractivity contribution is 0.0111. The van der Waals surface area contributed by atoms with Crippen LogP contribution in [0.25, 0.3) is 0 Å². The molecule has 1 unspecified atom stereocenters. The molecule has 0 spiro atoms. The van der Waals surface area contributed by atoms with Gasteiger partial charge in [0.05, 0.1) is 35.3 Å². The maximum atomic E-state index is 13.4. The van der Waals surface area contributed by atoms with Crippen molar-refractivity contribution in [1.82, 2.24) is 4.31 Å². The summed E-state index contributed by atoms with van der Waals surface area (Å²) in [5.41, 5.74) is 0.545. The van der Waals surface area contributed by atoms with Gasteiger partial charge in [0.1, 0.15) is 0 Å². The monoisotopic (exact) mass is 707 g/mol. The van der Waals surface area contributed by atoms with Crippen LogP contribution in [0.4, 0.5) is 0 Å². The van der Waals surface area contributed by atoms with Gasteiger partial charge in [-0.15, -0.1) is 0 Å². The van der Waals surface area contributed by atoms with E-state index >= 15 is 0 Å². The van der Waals surface area contributed by atoms with Gasteiger partial charge in [-0.2, -0.15) is 4.31 Å². The Balaban J connectivity index is 0.000000382. The summed E-state index contributed by atoms with van der Waals surface area (Å²) in [7, 11) is -4.22. The largest absolute Gasteiger partial charge is 0.493 e. The van der Waals surface area contributed by atoms with Gasteiger partial charge in [0, 0.05) is 19.2 Å². The second kappa shape index (κ2) is 14.7. The molecule has 44 heavy (non-hydrogen) atoms. The van der Waals surface area contributed by atoms with Crippen molar-refractivity contribution in [2.75, 3.05) is 27.4 Å². The molecule has 2 aromatic rings. The van der Waals surface area contributed by atoms with Crippen LogP contribution in [0, 0.1) is 0 Å². The van der Waals surface area contributed by atoms with Gasteiger partial charge in [-0.25, -0.2) is 8.42 Å². The maximum Gasteiger partial charge on any atom is 0.245 e. The van der Waals surface area contributed by atoms with E-state index in [1.807, 2.05) is 0 Å². The molecule has 0 saturated carbocycles. The molecular weight excluding hydrogens is 657 g/mol. The first-order chi connectivity index (χ1) is 20.0. The van der Waals surface area contributed by atoms with E-state index in [2.05, 4.69) is 67.7 Å². The molecule has 1 heterocycles. The van der Waals surface area contributed by atoms with E-state index in [1.165, 1.54) is 36.7 Å². The van der Waals surface area contributed by atoms with E-state index in [4.69, 9.17) is 41.5 Å². The SMILES string of the molecule is CC(C)(C)[Si](C)(C)O[Si](C)(C)C(C)(C)C.COc1ccc(S(=O)(=O)N2C[C@@H](CCO)OC2c2ccc(Cl)c(Cl)c2)cc1OC. The van der Waals surface area contributed by atoms with E-state index in [0.717, 1.165) is 0 Å². The summed E-state index contributed by atoms with van der Waals surface area (Å²) in [5, 5.41) is 10.6. The van der Waals surface area contributed by atoms with E-state index in [1.54, 1.807) is 18.2 Å². The van der Waals surface area contributed by atoms with Crippen molar-refractivity contribution >= 4 is 49.9 Å². The normalized spacial score (nSPS) is 18.5. The molecule has 250 valence electrons. The van der Waals surface area contributed by atoms with Crippen LogP contribution in [0.1, 0.15) is 59.8 Å². The molecule has 2 aromatic carbocycles. The zero-order valence-corrected chi connectivity index (χ0v) is 32.6. The zero-order chi connectivity index (χ0) is 33.9. The zero-order valence-electron chi connectivity index (χ0n) is 28.2. The van der Waals surface area contributed by atoms with Crippen LogP contribution >= 0.6 is 23.2 Å². The summed E-state index contributed by atoms with van der Waals surface area (Å²) in [6.07, 6.45) is -1.07. The number of rotatable bonds is 9. The van der Waals surface area contributed by atoms with Crippen molar-refractivity contribution in [3.63, 3.8) is 0 Å². The molecule has 1 fully saturated rings. The Kier molecular flexibility index (Phi) is 13.1. The number of sulfonamides is 1. The average molecular weight is 709 g/mol. The molecule has 2 atom stereocenters. The van der Waals surface area contributed by atoms with Gasteiger partial charge in [-0.3, -0.25) is 0 Å². The van der Waals surface area contributed by atoms with Crippen molar-refractivity contribution in [3.8, 4) is 11.5 Å². The van der Waals surface area contributed by atoms with Crippen LogP contribution < -0.4 is 9.47 Å². The van der Waals surface area contributed by atoms with Crippen LogP contribution in [-0.2, 0) is 18.9 Å². The third-order valence-electron chi connectivity index (χ3n) is 8.73. The lowest BCUT2D eigenvalue weighted by Gasteiger charge is -2.47. The molecule has 1 saturated heterocycles. The lowest BCUT2D eigenvalue weighted by Crippen LogP contribution is -2.53. The second-order valence-electron chi connectivity index (χ2n) is 14.0. The number of halogens is 2. The van der Waals surface area contributed by atoms with Crippen molar-refractivity contribution < 1.29 is 31.9 Å². The summed E-state index contributed by atoms with van der Waals surface area (Å²) < 4.78 is 51.1. The Morgan fingerprint density at radius 1 is 0.886 bits per heavy atom. The Morgan fingerprint density at radius 3 is 1.89 bits per heavy atom. The molecule has 1 aliphatic rings. The smallest absolute Gasteiger partial charge is 0.245 e. The fraction of sp³-hybridized carbons (Fsp3) is 0.613. The Labute approximate surface area is 277 Å². The number of aliphatic hydroxyl groups is 1. The topological polar surface area (TPSA) is 94.5 Å². The summed E-state index contributed by atoms with van der Waals surface area (Å²) in [6.45, 7) is 23.3. The van der Waals surface area contributed by atoms with Crippen LogP contribution in [-0.4, -0.2) is 67.9 Å². The van der Waals surface area contributed by atoms with Crippen LogP contribution in [0.2, 0.25) is 46.3 Å². The minimum Gasteiger partial charge on any atom is -0.493 e. The predicted octanol–water partition coefficient (Wildman–Crippen LogP) is 8.49. The Hall–Kier alpha value is -1.16. The van der Waals surface area contributed by atoms with Crippen LogP contribution in [0.3, 0.4) is 0 Å². The van der Waals surface area contributed by atoms with E-state index in [0.29, 0.717) is 43.6 Å². The van der Waals surface area contributed by atoms with Gasteiger partial charge in [0.2, 0.25) is 10.0 Å². The standard InChI is InChI=1S/C19H21Cl2NO6S.C12H30OSi2/c1-26-17-6-4-14(10-18(17)27-2)29(24,25)22-11-13(7-8-23)28-19(22)12-3-5-15(20)16(21)9-12;1-11(2,3)14(7,8)13-15(9,10)12(4,5)6/h3-6,9-10,13,19,23H,7-8,11H2,1-2H3;1-10H3/t13-,19?;/m1./s1. The fourth-order valence-electron chi connectivity index (χ4n) is 4.08. The molecule has 1 aliphatic heterocycles. The van der Waals surface area contributed by atoms with Crippen LogP contribution in [0.15, 0.2) is 41.3 Å². The summed E-state index contributed by atoms with van der Waals surface area (Å²) in [6, 6.07) is 9.21. The minimum absolute atomic E-state index is 0.0356. The molecular formula is C31H51Cl2NO7SSi2. The molecule has 13 heteroatoms. The molecule has 3 rings (SSSR count). The number of ether oxygens (including phenoxy) is 3.